The number of allylic oxidation sites excluding steroid dienone is 4. The lowest BCUT2D eigenvalue weighted by molar-refractivity contribution is -0.144. The molecule has 0 saturated carbocycles. The van der Waals surface area contributed by atoms with Crippen LogP contribution in [0.15, 0.2) is 21.8 Å². The van der Waals surface area contributed by atoms with Crippen LogP contribution in [0.1, 0.15) is 0 Å². The Morgan fingerprint density at radius 3 is 2.46 bits per heavy atom. The van der Waals surface area contributed by atoms with E-state index in [9.17, 15) is 13.2 Å². The molecule has 0 aliphatic heterocycles. The topological polar surface area (TPSA) is 0 Å². The molecule has 74 valence electrons. The minimum Gasteiger partial charge on any atom is -0.169 e. The van der Waals surface area contributed by atoms with Crippen LogP contribution in [0.4, 0.5) is 13.2 Å². The van der Waals surface area contributed by atoms with Gasteiger partial charge in [0.05, 0.1) is 5.38 Å². The van der Waals surface area contributed by atoms with Crippen molar-refractivity contribution in [2.45, 2.75) is 15.9 Å². The van der Waals surface area contributed by atoms with E-state index in [-0.39, 0.29) is 0 Å². The van der Waals surface area contributed by atoms with Crippen molar-refractivity contribution in [1.82, 2.24) is 0 Å². The maximum Gasteiger partial charge on any atom is 0.409 e. The molecule has 2 atom stereocenters. The summed E-state index contributed by atoms with van der Waals surface area (Å²) in [6, 6.07) is 0. The lowest BCUT2D eigenvalue weighted by atomic mass is 9.99. The molecule has 0 N–H and O–H groups in total. The summed E-state index contributed by atoms with van der Waals surface area (Å²) in [7, 11) is 0. The predicted octanol–water partition coefficient (Wildman–Crippen LogP) is 4.18. The maximum atomic E-state index is 12.5. The van der Waals surface area contributed by atoms with Gasteiger partial charge < -0.3 is 0 Å². The minimum atomic E-state index is -4.39. The van der Waals surface area contributed by atoms with Crippen molar-refractivity contribution in [2.75, 3.05) is 0 Å². The molecule has 6 heteroatoms. The van der Waals surface area contributed by atoms with Crippen molar-refractivity contribution in [1.29, 1.82) is 0 Å². The third-order valence-electron chi connectivity index (χ3n) is 1.64. The summed E-state index contributed by atoms with van der Waals surface area (Å²) >= 11 is 10.1. The summed E-state index contributed by atoms with van der Waals surface area (Å²) < 4.78 is 35.9. The van der Waals surface area contributed by atoms with Crippen molar-refractivity contribution in [2.24, 2.45) is 0 Å². The van der Waals surface area contributed by atoms with E-state index >= 15 is 0 Å². The van der Waals surface area contributed by atoms with Crippen molar-refractivity contribution in [3.63, 3.8) is 0 Å². The number of hydrogen-bond acceptors (Lipinski definition) is 0. The third kappa shape index (κ3) is 2.07. The summed E-state index contributed by atoms with van der Waals surface area (Å²) in [5, 5.41) is -1.10. The molecule has 0 aromatic carbocycles. The summed E-state index contributed by atoms with van der Waals surface area (Å²) in [6.07, 6.45) is -0.459. The van der Waals surface area contributed by atoms with Crippen LogP contribution >= 0.6 is 50.1 Å². The Labute approximate surface area is 100 Å². The Kier molecular flexibility index (Phi) is 3.40. The molecule has 2 unspecified atom stereocenters. The molecule has 0 nitrogen and oxygen atoms in total. The molecule has 1 aliphatic carbocycles. The fourth-order valence-electron chi connectivity index (χ4n) is 0.888. The highest BCUT2D eigenvalue weighted by Crippen LogP contribution is 2.48. The first-order valence-electron chi connectivity index (χ1n) is 3.23. The molecule has 0 amide bonds. The Bertz CT molecular complexity index is 273. The van der Waals surface area contributed by atoms with Gasteiger partial charge >= 0.3 is 6.18 Å². The number of halogens is 6. The van der Waals surface area contributed by atoms with Gasteiger partial charge in [-0.05, 0) is 22.6 Å². The summed E-state index contributed by atoms with van der Waals surface area (Å²) in [6.45, 7) is 0. The fourth-order valence-corrected chi connectivity index (χ4v) is 2.68. The first-order valence-corrected chi connectivity index (χ1v) is 5.54. The highest BCUT2D eigenvalue weighted by Gasteiger charge is 2.57. The molecule has 0 aromatic rings. The first-order chi connectivity index (χ1) is 5.79. The monoisotopic (exact) mass is 386 g/mol. The predicted molar refractivity (Wildman–Crippen MR) is 58.6 cm³/mol. The van der Waals surface area contributed by atoms with Gasteiger partial charge in [-0.1, -0.05) is 34.2 Å². The summed E-state index contributed by atoms with van der Waals surface area (Å²) in [4.78, 5) is 0. The van der Waals surface area contributed by atoms with E-state index in [1.165, 1.54) is 6.08 Å². The SMILES string of the molecule is FC(F)(F)C1(Br)C=CC=C(I)C1Cl. The van der Waals surface area contributed by atoms with Gasteiger partial charge in [0.15, 0.2) is 4.32 Å². The van der Waals surface area contributed by atoms with Crippen LogP contribution < -0.4 is 0 Å². The first kappa shape index (κ1) is 11.8. The van der Waals surface area contributed by atoms with Gasteiger partial charge in [0.25, 0.3) is 0 Å². The highest BCUT2D eigenvalue weighted by molar-refractivity contribution is 14.1. The van der Waals surface area contributed by atoms with E-state index in [1.807, 2.05) is 0 Å². The molecule has 0 bridgehead atoms. The normalized spacial score (nSPS) is 34.6. The molecule has 0 heterocycles. The van der Waals surface area contributed by atoms with Crippen molar-refractivity contribution >= 4 is 50.1 Å². The van der Waals surface area contributed by atoms with Crippen LogP contribution in [0.25, 0.3) is 0 Å². The molecular weight excluding hydrogens is 383 g/mol. The third-order valence-corrected chi connectivity index (χ3v) is 5.00. The molecule has 1 aliphatic rings. The molecule has 0 aromatic heterocycles. The zero-order valence-corrected chi connectivity index (χ0v) is 10.6. The van der Waals surface area contributed by atoms with Crippen LogP contribution in [-0.4, -0.2) is 15.9 Å². The highest BCUT2D eigenvalue weighted by atomic mass is 127. The van der Waals surface area contributed by atoms with Crippen LogP contribution in [0.3, 0.4) is 0 Å². The second-order valence-electron chi connectivity index (χ2n) is 2.54. The second kappa shape index (κ2) is 3.73. The van der Waals surface area contributed by atoms with Crippen molar-refractivity contribution in [3.05, 3.63) is 21.8 Å². The molecule has 0 radical (unpaired) electrons. The molecule has 0 saturated heterocycles. The summed E-state index contributed by atoms with van der Waals surface area (Å²) in [5.41, 5.74) is 0. The number of hydrogen-bond donors (Lipinski definition) is 0. The average molecular weight is 387 g/mol. The largest absolute Gasteiger partial charge is 0.409 e. The van der Waals surface area contributed by atoms with E-state index in [1.54, 1.807) is 28.7 Å². The molecule has 0 fully saturated rings. The van der Waals surface area contributed by atoms with Gasteiger partial charge in [-0.3, -0.25) is 0 Å². The Morgan fingerprint density at radius 2 is 2.08 bits per heavy atom. The standard InChI is InChI=1S/C7H4BrClF3I/c8-6(7(10,11)12)3-1-2-4(13)5(6)9/h1-3,5H. The number of rotatable bonds is 0. The van der Waals surface area contributed by atoms with Crippen molar-refractivity contribution < 1.29 is 13.2 Å². The number of alkyl halides is 5. The lowest BCUT2D eigenvalue weighted by Gasteiger charge is -2.33. The van der Waals surface area contributed by atoms with Crippen LogP contribution in [-0.2, 0) is 0 Å². The van der Waals surface area contributed by atoms with Crippen LogP contribution in [0.5, 0.6) is 0 Å². The second-order valence-corrected chi connectivity index (χ2v) is 5.53. The Balaban J connectivity index is 3.07. The quantitative estimate of drug-likeness (QED) is 0.432. The fraction of sp³-hybridized carbons (Fsp3) is 0.429. The zero-order chi connectivity index (χ0) is 10.3. The van der Waals surface area contributed by atoms with Crippen LogP contribution in [0, 0.1) is 0 Å². The lowest BCUT2D eigenvalue weighted by Crippen LogP contribution is -2.46. The van der Waals surface area contributed by atoms with Crippen molar-refractivity contribution in [3.8, 4) is 0 Å². The van der Waals surface area contributed by atoms with Gasteiger partial charge in [0.1, 0.15) is 0 Å². The maximum absolute atomic E-state index is 12.5. The van der Waals surface area contributed by atoms with Gasteiger partial charge in [-0.2, -0.15) is 13.2 Å². The average Bonchev–Trinajstić information content (AvgIpc) is 1.98. The Hall–Kier alpha value is 0.770. The minimum absolute atomic E-state index is 0.468. The molecular formula is C7H4BrClF3I. The summed E-state index contributed by atoms with van der Waals surface area (Å²) in [5.74, 6) is 0. The van der Waals surface area contributed by atoms with Gasteiger partial charge in [-0.15, -0.1) is 11.6 Å². The molecule has 1 rings (SSSR count). The van der Waals surface area contributed by atoms with Gasteiger partial charge in [0, 0.05) is 3.58 Å². The van der Waals surface area contributed by atoms with Gasteiger partial charge in [0.2, 0.25) is 0 Å². The van der Waals surface area contributed by atoms with Crippen LogP contribution in [0.2, 0.25) is 0 Å². The van der Waals surface area contributed by atoms with E-state index in [4.69, 9.17) is 11.6 Å². The van der Waals surface area contributed by atoms with Gasteiger partial charge in [-0.25, -0.2) is 0 Å². The molecule has 13 heavy (non-hydrogen) atoms. The van der Waals surface area contributed by atoms with E-state index < -0.39 is 15.9 Å². The van der Waals surface area contributed by atoms with E-state index in [0.29, 0.717) is 3.58 Å². The Morgan fingerprint density at radius 1 is 1.54 bits per heavy atom. The molecule has 0 spiro atoms. The van der Waals surface area contributed by atoms with E-state index in [0.717, 1.165) is 6.08 Å². The van der Waals surface area contributed by atoms with E-state index in [2.05, 4.69) is 15.9 Å². The smallest absolute Gasteiger partial charge is 0.169 e. The zero-order valence-electron chi connectivity index (χ0n) is 6.08.